The Balaban J connectivity index is 1.64. The summed E-state index contributed by atoms with van der Waals surface area (Å²) < 4.78 is 109. The molecular formula is C32H39F7O6. The van der Waals surface area contributed by atoms with Gasteiger partial charge in [-0.3, -0.25) is 0 Å². The van der Waals surface area contributed by atoms with Gasteiger partial charge >= 0.3 is 30.0 Å². The number of ether oxygens (including phenoxy) is 4. The number of halogens is 7. The summed E-state index contributed by atoms with van der Waals surface area (Å²) in [6.45, 7) is 1.85. The van der Waals surface area contributed by atoms with Gasteiger partial charge in [0.15, 0.2) is 0 Å². The highest BCUT2D eigenvalue weighted by Crippen LogP contribution is 2.46. The Morgan fingerprint density at radius 3 is 1.80 bits per heavy atom. The molecule has 0 bridgehead atoms. The third kappa shape index (κ3) is 12.5. The van der Waals surface area contributed by atoms with Crippen LogP contribution >= 0.6 is 0 Å². The van der Waals surface area contributed by atoms with Gasteiger partial charge in [0.1, 0.15) is 18.1 Å². The van der Waals surface area contributed by atoms with Crippen LogP contribution in [-0.4, -0.2) is 55.9 Å². The third-order valence-electron chi connectivity index (χ3n) is 6.71. The molecule has 2 aromatic carbocycles. The lowest BCUT2D eigenvalue weighted by Gasteiger charge is -2.27. The zero-order valence-electron chi connectivity index (χ0n) is 25.3. The van der Waals surface area contributed by atoms with Crippen LogP contribution in [0.3, 0.4) is 0 Å². The van der Waals surface area contributed by atoms with Crippen LogP contribution in [0.4, 0.5) is 30.7 Å². The Morgan fingerprint density at radius 2 is 1.22 bits per heavy atom. The smallest absolute Gasteiger partial charge is 0.459 e. The van der Waals surface area contributed by atoms with Crippen molar-refractivity contribution < 1.29 is 59.3 Å². The van der Waals surface area contributed by atoms with Crippen molar-refractivity contribution >= 4 is 11.9 Å². The van der Waals surface area contributed by atoms with E-state index in [1.54, 1.807) is 12.1 Å². The van der Waals surface area contributed by atoms with Crippen molar-refractivity contribution in [3.63, 3.8) is 0 Å². The monoisotopic (exact) mass is 652 g/mol. The number of hydrogen-bond acceptors (Lipinski definition) is 6. The Bertz CT molecular complexity index is 1170. The first-order chi connectivity index (χ1) is 21.2. The molecule has 0 aliphatic rings. The van der Waals surface area contributed by atoms with Crippen LogP contribution in [0.15, 0.2) is 48.5 Å². The predicted octanol–water partition coefficient (Wildman–Crippen LogP) is 9.21. The zero-order chi connectivity index (χ0) is 33.5. The molecular weight excluding hydrogens is 613 g/mol. The molecule has 0 amide bonds. The van der Waals surface area contributed by atoms with Gasteiger partial charge in [0.05, 0.1) is 23.8 Å². The Hall–Kier alpha value is -3.35. The minimum absolute atomic E-state index is 0.190. The Labute approximate surface area is 258 Å². The second-order valence-electron chi connectivity index (χ2n) is 10.6. The number of benzene rings is 2. The van der Waals surface area contributed by atoms with Crippen LogP contribution in [0.25, 0.3) is 0 Å². The lowest BCUT2D eigenvalue weighted by Crippen LogP contribution is -2.54. The topological polar surface area (TPSA) is 71.1 Å². The van der Waals surface area contributed by atoms with E-state index in [2.05, 4.69) is 11.7 Å². The number of hydrogen-bond donors (Lipinski definition) is 0. The molecule has 0 radical (unpaired) electrons. The molecule has 0 saturated carbocycles. The van der Waals surface area contributed by atoms with E-state index in [9.17, 15) is 40.3 Å². The van der Waals surface area contributed by atoms with E-state index >= 15 is 0 Å². The van der Waals surface area contributed by atoms with Crippen LogP contribution in [0.1, 0.15) is 92.4 Å². The lowest BCUT2D eigenvalue weighted by atomic mass is 10.1. The second kappa shape index (κ2) is 18.0. The molecule has 0 N–H and O–H groups in total. The molecule has 2 aromatic rings. The average Bonchev–Trinajstić information content (AvgIpc) is 2.98. The number of rotatable bonds is 20. The van der Waals surface area contributed by atoms with Crippen molar-refractivity contribution in [1.82, 2.24) is 0 Å². The number of esters is 2. The van der Waals surface area contributed by atoms with Crippen LogP contribution in [0.5, 0.6) is 11.5 Å². The minimum Gasteiger partial charge on any atom is -0.494 e. The molecule has 0 aliphatic carbocycles. The SMILES string of the molecule is CCCCCCC(C)OC(=O)c1ccc(OC(=O)c2ccc(OCCCCCCOCC(F)(F)C(F)(F)C(F)(F)F)cc2)cc1. The average molecular weight is 653 g/mol. The van der Waals surface area contributed by atoms with Crippen molar-refractivity contribution in [3.8, 4) is 11.5 Å². The van der Waals surface area contributed by atoms with Crippen molar-refractivity contribution in [2.45, 2.75) is 95.8 Å². The molecule has 252 valence electrons. The molecule has 0 spiro atoms. The molecule has 45 heavy (non-hydrogen) atoms. The van der Waals surface area contributed by atoms with Gasteiger partial charge in [0.2, 0.25) is 0 Å². The molecule has 0 saturated heterocycles. The van der Waals surface area contributed by atoms with E-state index in [1.165, 1.54) is 36.4 Å². The van der Waals surface area contributed by atoms with Crippen LogP contribution < -0.4 is 9.47 Å². The largest absolute Gasteiger partial charge is 0.494 e. The van der Waals surface area contributed by atoms with Crippen molar-refractivity contribution in [3.05, 3.63) is 59.7 Å². The van der Waals surface area contributed by atoms with E-state index in [0.29, 0.717) is 30.6 Å². The maximum absolute atomic E-state index is 13.2. The summed E-state index contributed by atoms with van der Waals surface area (Å²) >= 11 is 0. The van der Waals surface area contributed by atoms with Gasteiger partial charge in [0.25, 0.3) is 0 Å². The summed E-state index contributed by atoms with van der Waals surface area (Å²) in [7, 11) is 0. The Morgan fingerprint density at radius 1 is 0.689 bits per heavy atom. The molecule has 2 rings (SSSR count). The van der Waals surface area contributed by atoms with E-state index < -0.39 is 43.2 Å². The minimum atomic E-state index is -6.37. The van der Waals surface area contributed by atoms with Crippen molar-refractivity contribution in [1.29, 1.82) is 0 Å². The predicted molar refractivity (Wildman–Crippen MR) is 152 cm³/mol. The summed E-state index contributed by atoms with van der Waals surface area (Å²) in [5, 5.41) is 0. The summed E-state index contributed by atoms with van der Waals surface area (Å²) in [6.07, 6.45) is 0.371. The fourth-order valence-electron chi connectivity index (χ4n) is 4.03. The number of carbonyl (C=O) groups is 2. The van der Waals surface area contributed by atoms with E-state index in [1.807, 2.05) is 6.92 Å². The summed E-state index contributed by atoms with van der Waals surface area (Å²) in [4.78, 5) is 24.9. The van der Waals surface area contributed by atoms with Crippen molar-refractivity contribution in [2.24, 2.45) is 0 Å². The maximum atomic E-state index is 13.2. The first-order valence-electron chi connectivity index (χ1n) is 14.8. The van der Waals surface area contributed by atoms with Gasteiger partial charge in [-0.2, -0.15) is 30.7 Å². The molecule has 0 heterocycles. The highest BCUT2D eigenvalue weighted by atomic mass is 19.4. The number of carbonyl (C=O) groups excluding carboxylic acids is 2. The fraction of sp³-hybridized carbons (Fsp3) is 0.562. The highest BCUT2D eigenvalue weighted by Gasteiger charge is 2.72. The van der Waals surface area contributed by atoms with Crippen LogP contribution in [0, 0.1) is 0 Å². The van der Waals surface area contributed by atoms with Gasteiger partial charge in [-0.25, -0.2) is 9.59 Å². The van der Waals surface area contributed by atoms with Gasteiger partial charge in [-0.15, -0.1) is 0 Å². The van der Waals surface area contributed by atoms with E-state index in [-0.39, 0.29) is 30.4 Å². The second-order valence-corrected chi connectivity index (χ2v) is 10.6. The summed E-state index contributed by atoms with van der Waals surface area (Å²) in [5.74, 6) is -11.9. The van der Waals surface area contributed by atoms with Crippen LogP contribution in [0.2, 0.25) is 0 Å². The molecule has 0 aromatic heterocycles. The molecule has 1 atom stereocenters. The Kier molecular flexibility index (Phi) is 15.1. The highest BCUT2D eigenvalue weighted by molar-refractivity contribution is 5.92. The van der Waals surface area contributed by atoms with Crippen LogP contribution in [-0.2, 0) is 9.47 Å². The van der Waals surface area contributed by atoms with Gasteiger partial charge in [-0.05, 0) is 87.6 Å². The van der Waals surface area contributed by atoms with Gasteiger partial charge in [-0.1, -0.05) is 32.6 Å². The number of unbranched alkanes of at least 4 members (excludes halogenated alkanes) is 6. The normalized spacial score (nSPS) is 12.9. The van der Waals surface area contributed by atoms with Crippen molar-refractivity contribution in [2.75, 3.05) is 19.8 Å². The van der Waals surface area contributed by atoms with E-state index in [4.69, 9.17) is 14.2 Å². The van der Waals surface area contributed by atoms with Gasteiger partial charge < -0.3 is 18.9 Å². The molecule has 1 unspecified atom stereocenters. The third-order valence-corrected chi connectivity index (χ3v) is 6.71. The number of alkyl halides is 7. The molecule has 13 heteroatoms. The van der Waals surface area contributed by atoms with Gasteiger partial charge in [0, 0.05) is 6.61 Å². The molecule has 0 fully saturated rings. The first kappa shape index (κ1) is 37.8. The quantitative estimate of drug-likeness (QED) is 0.0615. The zero-order valence-corrected chi connectivity index (χ0v) is 25.3. The molecule has 0 aliphatic heterocycles. The fourth-order valence-corrected chi connectivity index (χ4v) is 4.03. The summed E-state index contributed by atoms with van der Waals surface area (Å²) in [6, 6.07) is 12.2. The van der Waals surface area contributed by atoms with E-state index in [0.717, 1.165) is 32.1 Å². The lowest BCUT2D eigenvalue weighted by molar-refractivity contribution is -0.361. The summed E-state index contributed by atoms with van der Waals surface area (Å²) in [5.41, 5.74) is 0.614. The molecule has 6 nitrogen and oxygen atoms in total. The maximum Gasteiger partial charge on any atom is 0.459 e. The first-order valence-corrected chi connectivity index (χ1v) is 14.8. The standard InChI is InChI=1S/C32H39F7O6/c1-3-4-5-8-11-23(2)44-28(40)24-14-18-27(19-15-24)45-29(41)25-12-16-26(17-13-25)43-21-10-7-6-9-20-42-22-30(33,34)31(35,36)32(37,38)39/h12-19,23H,3-11,20-22H2,1-2H3.